The monoisotopic (exact) mass is 553 g/mol. The molecule has 0 radical (unpaired) electrons. The van der Waals surface area contributed by atoms with Crippen LogP contribution in [0, 0.1) is 5.82 Å². The van der Waals surface area contributed by atoms with Crippen LogP contribution < -0.4 is 10.6 Å². The number of hydrogen-bond acceptors (Lipinski definition) is 6. The van der Waals surface area contributed by atoms with Crippen LogP contribution >= 0.6 is 11.6 Å². The first-order valence-electron chi connectivity index (χ1n) is 13.0. The molecule has 4 heterocycles. The van der Waals surface area contributed by atoms with Gasteiger partial charge in [-0.25, -0.2) is 14.2 Å². The van der Waals surface area contributed by atoms with Crippen molar-refractivity contribution < 1.29 is 13.9 Å². The summed E-state index contributed by atoms with van der Waals surface area (Å²) in [6.45, 7) is 16.1. The molecular formula is C29H33ClFN5O3. The van der Waals surface area contributed by atoms with E-state index in [0.29, 0.717) is 29.9 Å². The Morgan fingerprint density at radius 2 is 1.79 bits per heavy atom. The molecule has 2 unspecified atom stereocenters. The average Bonchev–Trinajstić information content (AvgIpc) is 2.85. The fourth-order valence-corrected chi connectivity index (χ4v) is 6.71. The van der Waals surface area contributed by atoms with Gasteiger partial charge in [0.2, 0.25) is 5.91 Å². The summed E-state index contributed by atoms with van der Waals surface area (Å²) >= 11 is 6.75. The van der Waals surface area contributed by atoms with Gasteiger partial charge >= 0.3 is 5.69 Å². The van der Waals surface area contributed by atoms with Gasteiger partial charge in [-0.15, -0.1) is 0 Å². The summed E-state index contributed by atoms with van der Waals surface area (Å²) in [5.41, 5.74) is -0.977. The standard InChI is InChI=1S/C29H33ClFN5O3/c1-8-22(37)34-14-17(3)35(15-16(34)2)24-19-13-20(30)23(18-11-9-10-12-21(18)31)32-25(19)36(27(38)33-24)26-28(4,5)39-29(26,6)7/h8-13,16-17,26H,1,14-15H2,2-7H3. The molecule has 0 aliphatic carbocycles. The van der Waals surface area contributed by atoms with E-state index in [-0.39, 0.29) is 40.3 Å². The third-order valence-corrected chi connectivity index (χ3v) is 8.07. The number of aromatic nitrogens is 3. The number of benzene rings is 1. The van der Waals surface area contributed by atoms with E-state index in [1.165, 1.54) is 12.1 Å². The molecule has 2 aliphatic heterocycles. The maximum absolute atomic E-state index is 14.9. The summed E-state index contributed by atoms with van der Waals surface area (Å²) in [4.78, 5) is 39.5. The summed E-state index contributed by atoms with van der Waals surface area (Å²) in [5, 5.41) is 0.811. The molecule has 206 valence electrons. The topological polar surface area (TPSA) is 80.6 Å². The first-order chi connectivity index (χ1) is 18.3. The number of hydrogen-bond donors (Lipinski definition) is 0. The van der Waals surface area contributed by atoms with Crippen LogP contribution in [0.25, 0.3) is 22.3 Å². The predicted octanol–water partition coefficient (Wildman–Crippen LogP) is 4.99. The number of anilines is 1. The number of nitrogens with zero attached hydrogens (tertiary/aromatic N) is 5. The number of halogens is 2. The molecule has 2 fully saturated rings. The number of amides is 1. The Balaban J connectivity index is 1.76. The van der Waals surface area contributed by atoms with Crippen LogP contribution in [-0.4, -0.2) is 61.7 Å². The Bertz CT molecular complexity index is 1540. The van der Waals surface area contributed by atoms with E-state index in [1.807, 2.05) is 46.4 Å². The fourth-order valence-electron chi connectivity index (χ4n) is 6.45. The highest BCUT2D eigenvalue weighted by atomic mass is 35.5. The lowest BCUT2D eigenvalue weighted by Crippen LogP contribution is -2.65. The predicted molar refractivity (Wildman–Crippen MR) is 151 cm³/mol. The summed E-state index contributed by atoms with van der Waals surface area (Å²) in [5.74, 6) is -0.176. The molecule has 2 aliphatic rings. The number of piperazine rings is 1. The van der Waals surface area contributed by atoms with Gasteiger partial charge in [0.15, 0.2) is 0 Å². The highest BCUT2D eigenvalue weighted by molar-refractivity contribution is 6.33. The molecule has 8 nitrogen and oxygen atoms in total. The minimum atomic E-state index is -0.665. The van der Waals surface area contributed by atoms with Gasteiger partial charge in [0, 0.05) is 30.7 Å². The molecule has 3 aromatic rings. The fraction of sp³-hybridized carbons (Fsp3) is 0.448. The molecule has 2 saturated heterocycles. The van der Waals surface area contributed by atoms with Crippen molar-refractivity contribution in [3.63, 3.8) is 0 Å². The number of carbonyl (C=O) groups is 1. The number of pyridine rings is 1. The summed E-state index contributed by atoms with van der Waals surface area (Å²) < 4.78 is 22.5. The molecule has 0 N–H and O–H groups in total. The van der Waals surface area contributed by atoms with Crippen LogP contribution in [0.4, 0.5) is 10.2 Å². The van der Waals surface area contributed by atoms with Crippen LogP contribution in [0.2, 0.25) is 5.02 Å². The molecule has 0 saturated carbocycles. The highest BCUT2D eigenvalue weighted by Gasteiger charge is 2.57. The van der Waals surface area contributed by atoms with E-state index in [9.17, 15) is 14.0 Å². The van der Waals surface area contributed by atoms with Crippen LogP contribution in [0.15, 0.2) is 47.8 Å². The zero-order valence-corrected chi connectivity index (χ0v) is 23.8. The zero-order chi connectivity index (χ0) is 28.4. The van der Waals surface area contributed by atoms with Crippen molar-refractivity contribution in [1.29, 1.82) is 0 Å². The van der Waals surface area contributed by atoms with Crippen molar-refractivity contribution in [2.24, 2.45) is 0 Å². The van der Waals surface area contributed by atoms with Gasteiger partial charge in [-0.05, 0) is 65.8 Å². The van der Waals surface area contributed by atoms with Crippen molar-refractivity contribution in [3.05, 3.63) is 64.3 Å². The Morgan fingerprint density at radius 1 is 1.13 bits per heavy atom. The highest BCUT2D eigenvalue weighted by Crippen LogP contribution is 2.50. The lowest BCUT2D eigenvalue weighted by molar-refractivity contribution is -0.282. The van der Waals surface area contributed by atoms with Crippen molar-refractivity contribution in [1.82, 2.24) is 19.4 Å². The minimum Gasteiger partial charge on any atom is -0.365 e. The van der Waals surface area contributed by atoms with E-state index in [1.54, 1.807) is 33.7 Å². The van der Waals surface area contributed by atoms with Gasteiger partial charge in [-0.3, -0.25) is 9.36 Å². The molecule has 2 aromatic heterocycles. The molecule has 39 heavy (non-hydrogen) atoms. The molecule has 5 rings (SSSR count). The largest absolute Gasteiger partial charge is 0.365 e. The van der Waals surface area contributed by atoms with Crippen molar-refractivity contribution in [3.8, 4) is 11.3 Å². The normalized spacial score (nSPS) is 22.6. The van der Waals surface area contributed by atoms with Crippen LogP contribution in [-0.2, 0) is 9.53 Å². The molecule has 10 heteroatoms. The van der Waals surface area contributed by atoms with Crippen LogP contribution in [0.3, 0.4) is 0 Å². The van der Waals surface area contributed by atoms with Gasteiger partial charge in [-0.2, -0.15) is 4.98 Å². The van der Waals surface area contributed by atoms with Crippen LogP contribution in [0.1, 0.15) is 47.6 Å². The lowest BCUT2D eigenvalue weighted by atomic mass is 9.77. The Hall–Kier alpha value is -3.30. The smallest absolute Gasteiger partial charge is 0.351 e. The van der Waals surface area contributed by atoms with Gasteiger partial charge in [0.25, 0.3) is 0 Å². The van der Waals surface area contributed by atoms with E-state index in [4.69, 9.17) is 21.3 Å². The minimum absolute atomic E-state index is 0.143. The van der Waals surface area contributed by atoms with Crippen molar-refractivity contribution in [2.75, 3.05) is 18.0 Å². The second-order valence-corrected chi connectivity index (χ2v) is 11.9. The molecular weight excluding hydrogens is 521 g/mol. The number of carbonyl (C=O) groups excluding carboxylic acids is 1. The van der Waals surface area contributed by atoms with E-state index >= 15 is 0 Å². The quantitative estimate of drug-likeness (QED) is 0.423. The number of fused-ring (bicyclic) bond motifs is 1. The van der Waals surface area contributed by atoms with Gasteiger partial charge in [0.1, 0.15) is 17.3 Å². The third kappa shape index (κ3) is 4.41. The maximum atomic E-state index is 14.9. The first-order valence-corrected chi connectivity index (χ1v) is 13.4. The van der Waals surface area contributed by atoms with Gasteiger partial charge in [0.05, 0.1) is 33.3 Å². The van der Waals surface area contributed by atoms with Gasteiger partial charge in [-0.1, -0.05) is 30.3 Å². The second-order valence-electron chi connectivity index (χ2n) is 11.5. The van der Waals surface area contributed by atoms with E-state index < -0.39 is 22.7 Å². The summed E-state index contributed by atoms with van der Waals surface area (Å²) in [6.07, 6.45) is 1.31. The van der Waals surface area contributed by atoms with Crippen LogP contribution in [0.5, 0.6) is 0 Å². The summed E-state index contributed by atoms with van der Waals surface area (Å²) in [6, 6.07) is 7.30. The average molecular weight is 554 g/mol. The second kappa shape index (κ2) is 9.41. The molecule has 2 atom stereocenters. The molecule has 0 bridgehead atoms. The Labute approximate surface area is 232 Å². The Morgan fingerprint density at radius 3 is 2.41 bits per heavy atom. The zero-order valence-electron chi connectivity index (χ0n) is 23.0. The Kier molecular flexibility index (Phi) is 6.58. The molecule has 1 amide bonds. The van der Waals surface area contributed by atoms with Gasteiger partial charge < -0.3 is 14.5 Å². The molecule has 1 aromatic carbocycles. The first kappa shape index (κ1) is 27.3. The van der Waals surface area contributed by atoms with Crippen molar-refractivity contribution >= 4 is 34.4 Å². The maximum Gasteiger partial charge on any atom is 0.351 e. The molecule has 0 spiro atoms. The van der Waals surface area contributed by atoms with Crippen molar-refractivity contribution in [2.45, 2.75) is 70.9 Å². The van der Waals surface area contributed by atoms with E-state index in [2.05, 4.69) is 11.6 Å². The lowest BCUT2D eigenvalue weighted by Gasteiger charge is -2.57. The number of ether oxygens (including phenoxy) is 1. The third-order valence-electron chi connectivity index (χ3n) is 7.78. The SMILES string of the molecule is C=CC(=O)N1CC(C)N(c2nc(=O)n(C3C(C)(C)OC3(C)C)c3nc(-c4ccccc4F)c(Cl)cc23)CC1C. The summed E-state index contributed by atoms with van der Waals surface area (Å²) in [7, 11) is 0. The van der Waals surface area contributed by atoms with E-state index in [0.717, 1.165) is 0 Å². The number of rotatable bonds is 4.